The molecule has 0 radical (unpaired) electrons. The van der Waals surface area contributed by atoms with Crippen molar-refractivity contribution in [3.8, 4) is 0 Å². The van der Waals surface area contributed by atoms with Crippen molar-refractivity contribution in [1.29, 1.82) is 0 Å². The molecule has 1 saturated carbocycles. The number of nitrogens with zero attached hydrogens (tertiary/aromatic N) is 1. The number of Topliss-reactive ketones (excluding diaryl/α,β-unsaturated/α-hetero) is 1. The second kappa shape index (κ2) is 3.93. The van der Waals surface area contributed by atoms with E-state index in [1.165, 1.54) is 5.69 Å². The van der Waals surface area contributed by atoms with Gasteiger partial charge >= 0.3 is 0 Å². The Morgan fingerprint density at radius 1 is 1.12 bits per heavy atom. The van der Waals surface area contributed by atoms with Crippen molar-refractivity contribution < 1.29 is 4.79 Å². The molecule has 2 heteroatoms. The number of carbonyl (C=O) groups excluding carboxylic acids is 1. The van der Waals surface area contributed by atoms with Crippen LogP contribution in [0.1, 0.15) is 25.7 Å². The molecule has 16 heavy (non-hydrogen) atoms. The topological polar surface area (TPSA) is 20.3 Å². The van der Waals surface area contributed by atoms with Crippen molar-refractivity contribution >= 4 is 11.5 Å². The minimum absolute atomic E-state index is 0.162. The van der Waals surface area contributed by atoms with Crippen LogP contribution < -0.4 is 4.90 Å². The van der Waals surface area contributed by atoms with Crippen molar-refractivity contribution in [1.82, 2.24) is 0 Å². The molecule has 0 spiro atoms. The zero-order chi connectivity index (χ0) is 11.0. The number of rotatable bonds is 3. The molecule has 0 amide bonds. The molecule has 0 unspecified atom stereocenters. The molecule has 3 rings (SSSR count). The van der Waals surface area contributed by atoms with Gasteiger partial charge in [-0.05, 0) is 37.8 Å². The van der Waals surface area contributed by atoms with Crippen LogP contribution in [0.25, 0.3) is 0 Å². The number of anilines is 1. The summed E-state index contributed by atoms with van der Waals surface area (Å²) in [6, 6.07) is 10.5. The Hall–Kier alpha value is -1.31. The van der Waals surface area contributed by atoms with Crippen molar-refractivity contribution in [2.24, 2.45) is 5.92 Å². The van der Waals surface area contributed by atoms with Crippen molar-refractivity contribution in [2.75, 3.05) is 11.4 Å². The molecule has 2 nitrogen and oxygen atoms in total. The number of hydrogen-bond acceptors (Lipinski definition) is 2. The largest absolute Gasteiger partial charge is 0.361 e. The van der Waals surface area contributed by atoms with E-state index in [9.17, 15) is 4.79 Å². The van der Waals surface area contributed by atoms with Crippen molar-refractivity contribution in [2.45, 2.75) is 31.7 Å². The molecule has 0 bridgehead atoms. The molecule has 1 heterocycles. The average Bonchev–Trinajstić information content (AvgIpc) is 3.06. The van der Waals surface area contributed by atoms with Crippen LogP contribution in [0.5, 0.6) is 0 Å². The van der Waals surface area contributed by atoms with E-state index in [4.69, 9.17) is 0 Å². The summed E-state index contributed by atoms with van der Waals surface area (Å²) in [5.74, 6) is 0.871. The SMILES string of the molecule is O=C(C1CC1)[C@@H]1CCCN1c1ccccc1. The van der Waals surface area contributed by atoms with Crippen LogP contribution in [0.4, 0.5) is 5.69 Å². The molecule has 1 saturated heterocycles. The van der Waals surface area contributed by atoms with Crippen LogP contribution in [0.15, 0.2) is 30.3 Å². The van der Waals surface area contributed by atoms with E-state index in [0.29, 0.717) is 11.7 Å². The highest BCUT2D eigenvalue weighted by atomic mass is 16.1. The lowest BCUT2D eigenvalue weighted by atomic mass is 10.1. The van der Waals surface area contributed by atoms with Crippen LogP contribution >= 0.6 is 0 Å². The van der Waals surface area contributed by atoms with Crippen LogP contribution in [0.2, 0.25) is 0 Å². The minimum atomic E-state index is 0.162. The number of benzene rings is 1. The van der Waals surface area contributed by atoms with Gasteiger partial charge in [0.2, 0.25) is 0 Å². The van der Waals surface area contributed by atoms with Gasteiger partial charge in [-0.3, -0.25) is 4.79 Å². The Kier molecular flexibility index (Phi) is 2.43. The first kappa shape index (κ1) is 9.88. The van der Waals surface area contributed by atoms with Crippen LogP contribution in [0, 0.1) is 5.92 Å². The predicted octanol–water partition coefficient (Wildman–Crippen LogP) is 2.63. The van der Waals surface area contributed by atoms with Crippen molar-refractivity contribution in [3.63, 3.8) is 0 Å². The number of carbonyl (C=O) groups is 1. The van der Waals surface area contributed by atoms with Gasteiger partial charge < -0.3 is 4.90 Å². The van der Waals surface area contributed by atoms with Crippen LogP contribution in [0.3, 0.4) is 0 Å². The number of ketones is 1. The van der Waals surface area contributed by atoms with E-state index in [1.807, 2.05) is 18.2 Å². The summed E-state index contributed by atoms with van der Waals surface area (Å²) < 4.78 is 0. The standard InChI is InChI=1S/C14H17NO/c16-14(11-8-9-11)13-7-4-10-15(13)12-5-2-1-3-6-12/h1-3,5-6,11,13H,4,7-10H2/t13-/m0/s1. The molecular weight excluding hydrogens is 198 g/mol. The maximum absolute atomic E-state index is 12.1. The Morgan fingerprint density at radius 3 is 2.56 bits per heavy atom. The van der Waals surface area contributed by atoms with E-state index in [-0.39, 0.29) is 6.04 Å². The summed E-state index contributed by atoms with van der Waals surface area (Å²) in [7, 11) is 0. The lowest BCUT2D eigenvalue weighted by Crippen LogP contribution is -2.36. The maximum atomic E-state index is 12.1. The average molecular weight is 215 g/mol. The Labute approximate surface area is 96.3 Å². The summed E-state index contributed by atoms with van der Waals surface area (Å²) in [6.07, 6.45) is 4.44. The zero-order valence-electron chi connectivity index (χ0n) is 9.43. The first-order valence-corrected chi connectivity index (χ1v) is 6.21. The Bertz CT molecular complexity index is 383. The quantitative estimate of drug-likeness (QED) is 0.772. The molecule has 1 aromatic carbocycles. The van der Waals surface area contributed by atoms with E-state index in [1.54, 1.807) is 0 Å². The molecule has 1 aliphatic heterocycles. The summed E-state index contributed by atoms with van der Waals surface area (Å²) in [4.78, 5) is 14.4. The van der Waals surface area contributed by atoms with Gasteiger partial charge in [0.15, 0.2) is 5.78 Å². The van der Waals surface area contributed by atoms with Crippen molar-refractivity contribution in [3.05, 3.63) is 30.3 Å². The molecule has 1 aliphatic carbocycles. The highest BCUT2D eigenvalue weighted by molar-refractivity contribution is 5.91. The highest BCUT2D eigenvalue weighted by Gasteiger charge is 2.39. The molecule has 1 atom stereocenters. The fourth-order valence-electron chi connectivity index (χ4n) is 2.63. The maximum Gasteiger partial charge on any atom is 0.158 e. The van der Waals surface area contributed by atoms with Crippen LogP contribution in [-0.4, -0.2) is 18.4 Å². The molecule has 0 aromatic heterocycles. The number of para-hydroxylation sites is 1. The normalized spacial score (nSPS) is 24.8. The molecule has 84 valence electrons. The molecule has 0 N–H and O–H groups in total. The summed E-state index contributed by atoms with van der Waals surface area (Å²) in [5, 5.41) is 0. The Balaban J connectivity index is 1.81. The second-order valence-electron chi connectivity index (χ2n) is 4.86. The predicted molar refractivity (Wildman–Crippen MR) is 64.5 cm³/mol. The van der Waals surface area contributed by atoms with Gasteiger partial charge in [-0.25, -0.2) is 0 Å². The third-order valence-corrected chi connectivity index (χ3v) is 3.65. The zero-order valence-corrected chi connectivity index (χ0v) is 9.43. The first-order chi connectivity index (χ1) is 7.86. The van der Waals surface area contributed by atoms with Gasteiger partial charge in [0, 0.05) is 18.2 Å². The van der Waals surface area contributed by atoms with Gasteiger partial charge in [-0.15, -0.1) is 0 Å². The monoisotopic (exact) mass is 215 g/mol. The first-order valence-electron chi connectivity index (χ1n) is 6.21. The molecular formula is C14H17NO. The summed E-state index contributed by atoms with van der Waals surface area (Å²) in [6.45, 7) is 1.03. The minimum Gasteiger partial charge on any atom is -0.361 e. The second-order valence-corrected chi connectivity index (χ2v) is 4.86. The number of hydrogen-bond donors (Lipinski definition) is 0. The van der Waals surface area contributed by atoms with Crippen LogP contribution in [-0.2, 0) is 4.79 Å². The highest BCUT2D eigenvalue weighted by Crippen LogP contribution is 2.36. The van der Waals surface area contributed by atoms with E-state index in [2.05, 4.69) is 17.0 Å². The van der Waals surface area contributed by atoms with Gasteiger partial charge in [0.1, 0.15) is 0 Å². The fraction of sp³-hybridized carbons (Fsp3) is 0.500. The van der Waals surface area contributed by atoms with E-state index in [0.717, 1.165) is 32.2 Å². The summed E-state index contributed by atoms with van der Waals surface area (Å²) >= 11 is 0. The third-order valence-electron chi connectivity index (χ3n) is 3.65. The van der Waals surface area contributed by atoms with Gasteiger partial charge in [-0.1, -0.05) is 18.2 Å². The van der Waals surface area contributed by atoms with E-state index >= 15 is 0 Å². The van der Waals surface area contributed by atoms with Gasteiger partial charge in [0.25, 0.3) is 0 Å². The smallest absolute Gasteiger partial charge is 0.158 e. The third kappa shape index (κ3) is 1.73. The van der Waals surface area contributed by atoms with E-state index < -0.39 is 0 Å². The van der Waals surface area contributed by atoms with Gasteiger partial charge in [-0.2, -0.15) is 0 Å². The molecule has 2 aliphatic rings. The summed E-state index contributed by atoms with van der Waals surface area (Å²) in [5.41, 5.74) is 1.21. The lowest BCUT2D eigenvalue weighted by molar-refractivity contribution is -0.121. The molecule has 2 fully saturated rings. The Morgan fingerprint density at radius 2 is 1.88 bits per heavy atom. The van der Waals surface area contributed by atoms with Gasteiger partial charge in [0.05, 0.1) is 6.04 Å². The lowest BCUT2D eigenvalue weighted by Gasteiger charge is -2.25. The fourth-order valence-corrected chi connectivity index (χ4v) is 2.63. The molecule has 1 aromatic rings.